The van der Waals surface area contributed by atoms with E-state index >= 15 is 0 Å². The third-order valence-corrected chi connectivity index (χ3v) is 7.30. The molecular weight excluding hydrogens is 555 g/mol. The van der Waals surface area contributed by atoms with Crippen molar-refractivity contribution >= 4 is 23.5 Å². The van der Waals surface area contributed by atoms with Gasteiger partial charge in [-0.3, -0.25) is 14.5 Å². The van der Waals surface area contributed by atoms with Gasteiger partial charge in [0, 0.05) is 24.8 Å². The lowest BCUT2D eigenvalue weighted by molar-refractivity contribution is -0.208. The fourth-order valence-corrected chi connectivity index (χ4v) is 5.17. The van der Waals surface area contributed by atoms with Crippen LogP contribution in [0.3, 0.4) is 0 Å². The number of benzene rings is 1. The van der Waals surface area contributed by atoms with Crippen LogP contribution >= 0.6 is 0 Å². The van der Waals surface area contributed by atoms with Crippen LogP contribution in [-0.4, -0.2) is 68.5 Å². The number of nitrogens with zero attached hydrogens (tertiary/aromatic N) is 4. The number of piperidine rings is 1. The van der Waals surface area contributed by atoms with Crippen molar-refractivity contribution in [1.82, 2.24) is 19.9 Å². The van der Waals surface area contributed by atoms with E-state index in [2.05, 4.69) is 9.97 Å². The van der Waals surface area contributed by atoms with E-state index in [1.54, 1.807) is 34.6 Å². The van der Waals surface area contributed by atoms with Crippen molar-refractivity contribution in [3.05, 3.63) is 41.5 Å². The van der Waals surface area contributed by atoms with Gasteiger partial charge in [-0.25, -0.2) is 9.78 Å². The highest BCUT2D eigenvalue weighted by Crippen LogP contribution is 2.45. The van der Waals surface area contributed by atoms with E-state index in [0.29, 0.717) is 25.1 Å². The molecule has 2 aliphatic rings. The molecule has 1 saturated heterocycles. The molecule has 2 amide bonds. The van der Waals surface area contributed by atoms with E-state index in [0.717, 1.165) is 12.1 Å². The third-order valence-electron chi connectivity index (χ3n) is 7.30. The minimum atomic E-state index is -4.88. The lowest BCUT2D eigenvalue weighted by Crippen LogP contribution is -2.54. The van der Waals surface area contributed by atoms with E-state index in [9.17, 15) is 27.6 Å². The summed E-state index contributed by atoms with van der Waals surface area (Å²) in [6.45, 7) is 12.2. The molecule has 2 aliphatic heterocycles. The van der Waals surface area contributed by atoms with E-state index in [1.807, 2.05) is 0 Å². The lowest BCUT2D eigenvalue weighted by Gasteiger charge is -2.42. The van der Waals surface area contributed by atoms with E-state index in [4.69, 9.17) is 9.57 Å². The summed E-state index contributed by atoms with van der Waals surface area (Å²) in [7, 11) is 0. The highest BCUT2D eigenvalue weighted by molar-refractivity contribution is 6.05. The van der Waals surface area contributed by atoms with Gasteiger partial charge in [0.05, 0.1) is 47.3 Å². The zero-order valence-electron chi connectivity index (χ0n) is 25.0. The summed E-state index contributed by atoms with van der Waals surface area (Å²) in [6.07, 6.45) is -0.855. The molecule has 0 radical (unpaired) electrons. The van der Waals surface area contributed by atoms with Gasteiger partial charge in [0.1, 0.15) is 5.75 Å². The van der Waals surface area contributed by atoms with Gasteiger partial charge in [-0.15, -0.1) is 5.06 Å². The predicted octanol–water partition coefficient (Wildman–Crippen LogP) is 4.95. The molecule has 10 nitrogen and oxygen atoms in total. The second-order valence-corrected chi connectivity index (χ2v) is 12.6. The Labute approximate surface area is 243 Å². The van der Waals surface area contributed by atoms with Crippen molar-refractivity contribution in [3.63, 3.8) is 0 Å². The number of rotatable bonds is 6. The first-order chi connectivity index (χ1) is 19.4. The number of hydrogen-bond donors (Lipinski definition) is 1. The molecule has 1 fully saturated rings. The van der Waals surface area contributed by atoms with Crippen molar-refractivity contribution in [1.29, 1.82) is 0 Å². The van der Waals surface area contributed by atoms with E-state index in [1.165, 1.54) is 41.2 Å². The SMILES string of the molecule is CC(C)N(C(=O)c1cc2c(cc1C(F)(F)F)OC(C)(C)C(=O)N2Cc1cnc[nH]1)C1CCCN(OC(=O)C(C)(C)C)C1. The Bertz CT molecular complexity index is 1330. The highest BCUT2D eigenvalue weighted by atomic mass is 19.4. The Hall–Kier alpha value is -3.61. The summed E-state index contributed by atoms with van der Waals surface area (Å²) in [6, 6.07) is 0.900. The van der Waals surface area contributed by atoms with Crippen LogP contribution in [0.1, 0.15) is 82.9 Å². The number of hydrogen-bond acceptors (Lipinski definition) is 7. The van der Waals surface area contributed by atoms with E-state index < -0.39 is 58.2 Å². The highest BCUT2D eigenvalue weighted by Gasteiger charge is 2.46. The van der Waals surface area contributed by atoms with Crippen LogP contribution < -0.4 is 9.64 Å². The van der Waals surface area contributed by atoms with Crippen LogP contribution in [-0.2, 0) is 27.1 Å². The molecular formula is C29H38F3N5O5. The molecule has 3 heterocycles. The summed E-state index contributed by atoms with van der Waals surface area (Å²) in [5.41, 5.74) is -3.34. The first-order valence-corrected chi connectivity index (χ1v) is 13.9. The van der Waals surface area contributed by atoms with Gasteiger partial charge in [-0.2, -0.15) is 13.2 Å². The van der Waals surface area contributed by atoms with Crippen molar-refractivity contribution in [2.75, 3.05) is 18.0 Å². The van der Waals surface area contributed by atoms with Crippen LogP contribution in [0.5, 0.6) is 5.75 Å². The lowest BCUT2D eigenvalue weighted by atomic mass is 9.96. The molecule has 0 saturated carbocycles. The molecule has 1 N–H and O–H groups in total. The van der Waals surface area contributed by atoms with E-state index in [-0.39, 0.29) is 24.5 Å². The molecule has 0 aliphatic carbocycles. The summed E-state index contributed by atoms with van der Waals surface area (Å²) in [5, 5.41) is 1.47. The van der Waals surface area contributed by atoms with Gasteiger partial charge >= 0.3 is 12.1 Å². The number of fused-ring (bicyclic) bond motifs is 1. The Morgan fingerprint density at radius 1 is 1.24 bits per heavy atom. The number of ether oxygens (including phenoxy) is 1. The number of hydroxylamine groups is 2. The molecule has 230 valence electrons. The maximum atomic E-state index is 14.5. The second kappa shape index (κ2) is 11.2. The summed E-state index contributed by atoms with van der Waals surface area (Å²) in [5.74, 6) is -1.92. The molecule has 4 rings (SSSR count). The van der Waals surface area contributed by atoms with Gasteiger partial charge in [0.2, 0.25) is 0 Å². The molecule has 0 bridgehead atoms. The molecule has 1 unspecified atom stereocenters. The smallest absolute Gasteiger partial charge is 0.417 e. The quantitative estimate of drug-likeness (QED) is 0.505. The van der Waals surface area contributed by atoms with Crippen LogP contribution in [0.15, 0.2) is 24.7 Å². The third kappa shape index (κ3) is 6.40. The average Bonchev–Trinajstić information content (AvgIpc) is 3.38. The maximum Gasteiger partial charge on any atom is 0.417 e. The number of aromatic nitrogens is 2. The Morgan fingerprint density at radius 3 is 2.50 bits per heavy atom. The first-order valence-electron chi connectivity index (χ1n) is 13.9. The van der Waals surface area contributed by atoms with Crippen LogP contribution in [0.4, 0.5) is 18.9 Å². The fourth-order valence-electron chi connectivity index (χ4n) is 5.17. The average molecular weight is 594 g/mol. The van der Waals surface area contributed by atoms with Crippen LogP contribution in [0.25, 0.3) is 0 Å². The number of amides is 2. The van der Waals surface area contributed by atoms with Crippen LogP contribution in [0, 0.1) is 5.41 Å². The number of carbonyl (C=O) groups excluding carboxylic acids is 3. The topological polar surface area (TPSA) is 108 Å². The molecule has 42 heavy (non-hydrogen) atoms. The van der Waals surface area contributed by atoms with Gasteiger partial charge < -0.3 is 19.5 Å². The molecule has 0 spiro atoms. The Morgan fingerprint density at radius 2 is 1.93 bits per heavy atom. The molecule has 2 aromatic rings. The zero-order valence-corrected chi connectivity index (χ0v) is 25.0. The minimum absolute atomic E-state index is 0.0117. The first kappa shape index (κ1) is 31.3. The fraction of sp³-hybridized carbons (Fsp3) is 0.586. The zero-order chi connectivity index (χ0) is 31.2. The predicted molar refractivity (Wildman–Crippen MR) is 147 cm³/mol. The summed E-state index contributed by atoms with van der Waals surface area (Å²) in [4.78, 5) is 55.1. The number of carbonyl (C=O) groups is 3. The molecule has 1 aromatic carbocycles. The monoisotopic (exact) mass is 593 g/mol. The maximum absolute atomic E-state index is 14.5. The number of imidazole rings is 1. The second-order valence-electron chi connectivity index (χ2n) is 12.6. The number of halogens is 3. The molecule has 1 aromatic heterocycles. The largest absolute Gasteiger partial charge is 0.476 e. The summed E-state index contributed by atoms with van der Waals surface area (Å²) < 4.78 is 49.2. The van der Waals surface area contributed by atoms with Crippen LogP contribution in [0.2, 0.25) is 0 Å². The van der Waals surface area contributed by atoms with Crippen molar-refractivity contribution in [2.45, 2.75) is 91.7 Å². The van der Waals surface area contributed by atoms with Crippen molar-refractivity contribution < 1.29 is 37.1 Å². The normalized spacial score (nSPS) is 19.4. The van der Waals surface area contributed by atoms with Gasteiger partial charge in [-0.1, -0.05) is 0 Å². The summed E-state index contributed by atoms with van der Waals surface area (Å²) >= 11 is 0. The number of H-pyrrole nitrogens is 1. The van der Waals surface area contributed by atoms with Gasteiger partial charge in [-0.05, 0) is 73.4 Å². The number of aromatic amines is 1. The van der Waals surface area contributed by atoms with Crippen molar-refractivity contribution in [2.24, 2.45) is 5.41 Å². The standard InChI is InChI=1S/C29H38F3N5O5/c1-17(2)37(19-9-8-10-35(15-19)42-26(40)27(3,4)5)24(38)20-11-22-23(12-21(20)29(30,31)32)41-28(6,7)25(39)36(22)14-18-13-33-16-34-18/h11-13,16-17,19H,8-10,14-15H2,1-7H3,(H,33,34). The molecule has 13 heteroatoms. The number of alkyl halides is 3. The number of anilines is 1. The van der Waals surface area contributed by atoms with Gasteiger partial charge in [0.25, 0.3) is 11.8 Å². The minimum Gasteiger partial charge on any atom is -0.476 e. The van der Waals surface area contributed by atoms with Crippen molar-refractivity contribution in [3.8, 4) is 5.75 Å². The van der Waals surface area contributed by atoms with Gasteiger partial charge in [0.15, 0.2) is 5.60 Å². The molecule has 1 atom stereocenters. The Balaban J connectivity index is 1.75. The Kier molecular flexibility index (Phi) is 8.38. The number of nitrogens with one attached hydrogen (secondary N) is 1.